The topological polar surface area (TPSA) is 346 Å². The molecule has 0 unspecified atom stereocenters. The van der Waals surface area contributed by atoms with Gasteiger partial charge < -0.3 is 74.4 Å². The van der Waals surface area contributed by atoms with Crippen LogP contribution in [0.1, 0.15) is 66.5 Å². The maximum Gasteiger partial charge on any atom is 0.324 e. The molecular weight excluding hydrogens is 1190 g/mol. The van der Waals surface area contributed by atoms with Gasteiger partial charge in [-0.1, -0.05) is 56.3 Å². The van der Waals surface area contributed by atoms with Gasteiger partial charge in [0.1, 0.15) is 43.4 Å². The van der Waals surface area contributed by atoms with Gasteiger partial charge >= 0.3 is 5.97 Å². The van der Waals surface area contributed by atoms with Crippen LogP contribution < -0.4 is 47.1 Å². The number of pyridine rings is 2. The van der Waals surface area contributed by atoms with E-state index < -0.39 is 66.6 Å². The molecule has 3 aromatic carbocycles. The van der Waals surface area contributed by atoms with E-state index in [1.165, 1.54) is 12.2 Å². The summed E-state index contributed by atoms with van der Waals surface area (Å²) in [5.74, 6) is -4.05. The minimum atomic E-state index is -1.57. The maximum atomic E-state index is 13.8. The molecule has 0 radical (unpaired) electrons. The van der Waals surface area contributed by atoms with Crippen molar-refractivity contribution in [2.75, 3.05) is 104 Å². The maximum absolute atomic E-state index is 13.8. The number of imide groups is 1. The molecule has 0 saturated heterocycles. The fourth-order valence-electron chi connectivity index (χ4n) is 10.5. The number of anilines is 1. The Labute approximate surface area is 529 Å². The zero-order valence-corrected chi connectivity index (χ0v) is 51.3. The SMILES string of the molecule is CCc1c2c(nc3ccc(OCCOCNC(=O)CNC(=O)[C@H](Cc4ccccc4)NC(=O)CNC(=O)CNC(=O)CCOCCOCCOCCOCCNC(=O)CCc4ccc(N5C(=O)C=CC5=O)cc4)cc13)-c1cc3c(c(=O)n1C2)COC(=O)[C@]3(C=O)CC. The van der Waals surface area contributed by atoms with Gasteiger partial charge in [0.05, 0.1) is 114 Å². The molecule has 27 heteroatoms. The lowest BCUT2D eigenvalue weighted by Gasteiger charge is -2.31. The van der Waals surface area contributed by atoms with Crippen molar-refractivity contribution in [3.05, 3.63) is 135 Å². The molecule has 2 aromatic heterocycles. The smallest absolute Gasteiger partial charge is 0.324 e. The van der Waals surface area contributed by atoms with Crippen LogP contribution in [0, 0.1) is 0 Å². The summed E-state index contributed by atoms with van der Waals surface area (Å²) in [6.45, 7) is 4.92. The molecule has 92 heavy (non-hydrogen) atoms. The number of rotatable bonds is 38. The monoisotopic (exact) mass is 1270 g/mol. The number of hydrogen-bond donors (Lipinski definition) is 6. The highest BCUT2D eigenvalue weighted by Gasteiger charge is 2.47. The summed E-state index contributed by atoms with van der Waals surface area (Å²) in [5.41, 5.74) is 4.49. The number of ether oxygens (including phenoxy) is 7. The van der Waals surface area contributed by atoms with Crippen LogP contribution in [-0.2, 0) is 114 Å². The molecule has 8 amide bonds. The lowest BCUT2D eigenvalue weighted by Crippen LogP contribution is -2.52. The number of hydrogen-bond acceptors (Lipinski definition) is 19. The number of nitrogens with one attached hydrogen (secondary N) is 6. The lowest BCUT2D eigenvalue weighted by molar-refractivity contribution is -0.155. The predicted molar refractivity (Wildman–Crippen MR) is 331 cm³/mol. The third-order valence-corrected chi connectivity index (χ3v) is 15.4. The first-order valence-electron chi connectivity index (χ1n) is 30.3. The molecule has 0 aliphatic carbocycles. The van der Waals surface area contributed by atoms with Crippen molar-refractivity contribution in [1.29, 1.82) is 0 Å². The largest absolute Gasteiger partial charge is 0.491 e. The molecular formula is C65H75N9O18. The zero-order chi connectivity index (χ0) is 65.4. The predicted octanol–water partition coefficient (Wildman–Crippen LogP) is 1.07. The number of esters is 1. The standard InChI is InChI=1S/C65H75N9O18/c1-3-46-47-33-45(15-16-51(47)72-61-48(46)38-73-53(61)34-50-49(63(73)84)39-92-64(85)65(50,4-2)40-75)91-31-30-90-41-70-57(79)36-69-62(83)52(32-43-8-6-5-7-9-43)71-58(80)37-68-56(78)35-67-55(77)20-22-86-24-26-88-28-29-89-27-25-87-23-21-66-54(76)17-12-42-10-13-44(14-11-42)74-59(81)18-19-60(74)82/h5-11,13-16,18-19,33-34,40,52H,3-4,12,17,20-32,35-39,41H2,1-2H3,(H,66,76)(H,67,77)(H,68,78)(H,69,83)(H,70,79)(H,71,80)/t52-,65-/m0/s1. The summed E-state index contributed by atoms with van der Waals surface area (Å²) in [6, 6.07) is 21.8. The van der Waals surface area contributed by atoms with Gasteiger partial charge in [-0.3, -0.25) is 47.9 Å². The Morgan fingerprint density at radius 2 is 1.29 bits per heavy atom. The number of aryl methyl sites for hydroxylation is 2. The molecule has 0 spiro atoms. The first-order chi connectivity index (χ1) is 44.6. The molecule has 5 aromatic rings. The molecule has 0 fully saturated rings. The average Bonchev–Trinajstić information content (AvgIpc) is 1.42. The zero-order valence-electron chi connectivity index (χ0n) is 51.3. The Morgan fingerprint density at radius 3 is 1.99 bits per heavy atom. The normalized spacial score (nSPS) is 14.8. The van der Waals surface area contributed by atoms with Crippen molar-refractivity contribution in [3.63, 3.8) is 0 Å². The number of fused-ring (bicyclic) bond motifs is 5. The highest BCUT2D eigenvalue weighted by atomic mass is 16.6. The van der Waals surface area contributed by atoms with Crippen LogP contribution in [0.25, 0.3) is 22.3 Å². The fourth-order valence-corrected chi connectivity index (χ4v) is 10.5. The number of benzene rings is 3. The van der Waals surface area contributed by atoms with Gasteiger partial charge in [-0.2, -0.15) is 0 Å². The summed E-state index contributed by atoms with van der Waals surface area (Å²) in [6.07, 6.45) is 4.57. The van der Waals surface area contributed by atoms with E-state index in [4.69, 9.17) is 38.1 Å². The van der Waals surface area contributed by atoms with Gasteiger partial charge in [0.2, 0.25) is 35.4 Å². The number of aldehydes is 1. The molecule has 2 atom stereocenters. The Kier molecular flexibility index (Phi) is 25.3. The Balaban J connectivity index is 0.635. The Morgan fingerprint density at radius 1 is 0.652 bits per heavy atom. The number of cyclic esters (lactones) is 1. The second-order valence-electron chi connectivity index (χ2n) is 21.4. The lowest BCUT2D eigenvalue weighted by atomic mass is 9.76. The van der Waals surface area contributed by atoms with Crippen molar-refractivity contribution < 1.29 is 81.1 Å². The van der Waals surface area contributed by atoms with Crippen molar-refractivity contribution in [1.82, 2.24) is 41.5 Å². The summed E-state index contributed by atoms with van der Waals surface area (Å²) < 4.78 is 40.4. The first-order valence-corrected chi connectivity index (χ1v) is 30.3. The van der Waals surface area contributed by atoms with E-state index in [9.17, 15) is 52.7 Å². The second-order valence-corrected chi connectivity index (χ2v) is 21.4. The Bertz CT molecular complexity index is 3580. The minimum Gasteiger partial charge on any atom is -0.491 e. The number of amides is 8. The molecule has 0 bridgehead atoms. The van der Waals surface area contributed by atoms with E-state index in [0.29, 0.717) is 92.6 Å². The van der Waals surface area contributed by atoms with E-state index in [0.717, 1.165) is 32.5 Å². The van der Waals surface area contributed by atoms with Crippen LogP contribution in [0.3, 0.4) is 0 Å². The average molecular weight is 1270 g/mol. The van der Waals surface area contributed by atoms with Gasteiger partial charge in [-0.15, -0.1) is 0 Å². The Hall–Kier alpha value is -9.54. The van der Waals surface area contributed by atoms with E-state index in [1.54, 1.807) is 78.2 Å². The molecule has 3 aliphatic rings. The summed E-state index contributed by atoms with van der Waals surface area (Å²) >= 11 is 0. The van der Waals surface area contributed by atoms with Crippen LogP contribution in [0.4, 0.5) is 5.69 Å². The van der Waals surface area contributed by atoms with Gasteiger partial charge in [0, 0.05) is 48.9 Å². The van der Waals surface area contributed by atoms with E-state index in [2.05, 4.69) is 31.9 Å². The summed E-state index contributed by atoms with van der Waals surface area (Å²) in [5, 5.41) is 16.2. The third-order valence-electron chi connectivity index (χ3n) is 15.4. The number of carbonyl (C=O) groups is 10. The summed E-state index contributed by atoms with van der Waals surface area (Å²) in [7, 11) is 0. The van der Waals surface area contributed by atoms with Gasteiger partial charge in [-0.05, 0) is 77.9 Å². The number of aromatic nitrogens is 2. The van der Waals surface area contributed by atoms with E-state index >= 15 is 0 Å². The first kappa shape index (κ1) is 68.4. The van der Waals surface area contributed by atoms with Crippen molar-refractivity contribution in [2.24, 2.45) is 0 Å². The summed E-state index contributed by atoms with van der Waals surface area (Å²) in [4.78, 5) is 145. The highest BCUT2D eigenvalue weighted by molar-refractivity contribution is 6.28. The van der Waals surface area contributed by atoms with Crippen LogP contribution in [0.2, 0.25) is 0 Å². The molecule has 3 aliphatic heterocycles. The molecule has 5 heterocycles. The van der Waals surface area contributed by atoms with Crippen LogP contribution in [0.15, 0.2) is 95.8 Å². The van der Waals surface area contributed by atoms with Crippen molar-refractivity contribution in [2.45, 2.75) is 77.0 Å². The molecule has 8 rings (SSSR count). The highest BCUT2D eigenvalue weighted by Crippen LogP contribution is 2.41. The third kappa shape index (κ3) is 18.3. The van der Waals surface area contributed by atoms with Gasteiger partial charge in [0.15, 0.2) is 0 Å². The number of nitrogens with zero attached hydrogens (tertiary/aromatic N) is 3. The molecule has 27 nitrogen and oxygen atoms in total. The van der Waals surface area contributed by atoms with Crippen molar-refractivity contribution >= 4 is 76.1 Å². The van der Waals surface area contributed by atoms with Gasteiger partial charge in [0.25, 0.3) is 17.4 Å². The minimum absolute atomic E-state index is 0.0320. The molecule has 488 valence electrons. The quantitative estimate of drug-likeness (QED) is 0.00788. The molecule has 0 saturated carbocycles. The van der Waals surface area contributed by atoms with E-state index in [1.807, 2.05) is 19.1 Å². The van der Waals surface area contributed by atoms with Crippen LogP contribution in [0.5, 0.6) is 5.75 Å². The second kappa shape index (κ2) is 34.0. The van der Waals surface area contributed by atoms with E-state index in [-0.39, 0.29) is 107 Å². The number of carbonyl (C=O) groups excluding carboxylic acids is 10. The molecule has 6 N–H and O–H groups in total. The van der Waals surface area contributed by atoms with Crippen LogP contribution >= 0.6 is 0 Å². The fraction of sp³-hybridized carbons (Fsp3) is 0.415. The van der Waals surface area contributed by atoms with Crippen molar-refractivity contribution in [3.8, 4) is 17.1 Å². The van der Waals surface area contributed by atoms with Crippen LogP contribution in [-0.4, -0.2) is 174 Å². The van der Waals surface area contributed by atoms with Gasteiger partial charge in [-0.25, -0.2) is 9.88 Å².